The molecule has 1 saturated carbocycles. The van der Waals surface area contributed by atoms with Crippen LogP contribution in [0.3, 0.4) is 0 Å². The minimum atomic E-state index is 0.504. The van der Waals surface area contributed by atoms with Crippen molar-refractivity contribution in [2.24, 2.45) is 0 Å². The highest BCUT2D eigenvalue weighted by molar-refractivity contribution is 5.31. The minimum absolute atomic E-state index is 0.504. The molecule has 3 rings (SSSR count). The number of nitrogens with zero attached hydrogens (tertiary/aromatic N) is 3. The van der Waals surface area contributed by atoms with Crippen molar-refractivity contribution in [3.8, 4) is 0 Å². The summed E-state index contributed by atoms with van der Waals surface area (Å²) in [6.07, 6.45) is 3.87. The molecule has 2 N–H and O–H groups in total. The maximum Gasteiger partial charge on any atom is 0.244 e. The highest BCUT2D eigenvalue weighted by atomic mass is 15.4. The summed E-state index contributed by atoms with van der Waals surface area (Å²) in [5.74, 6) is 2.60. The van der Waals surface area contributed by atoms with Gasteiger partial charge in [0.2, 0.25) is 5.95 Å². The van der Waals surface area contributed by atoms with Gasteiger partial charge in [0.05, 0.1) is 0 Å². The second kappa shape index (κ2) is 4.29. The first-order valence-electron chi connectivity index (χ1n) is 6.65. The molecule has 1 saturated heterocycles. The smallest absolute Gasteiger partial charge is 0.244 e. The first-order valence-corrected chi connectivity index (χ1v) is 6.65. The topological polar surface area (TPSA) is 56.8 Å². The SMILES string of the molecule is CC1CN(c2n[nH]c(C3CCC3)n2)CC(C)N1. The molecular formula is C12H21N5. The lowest BCUT2D eigenvalue weighted by Crippen LogP contribution is -2.54. The van der Waals surface area contributed by atoms with Crippen molar-refractivity contribution in [3.63, 3.8) is 0 Å². The summed E-state index contributed by atoms with van der Waals surface area (Å²) >= 11 is 0. The summed E-state index contributed by atoms with van der Waals surface area (Å²) in [5.41, 5.74) is 0. The van der Waals surface area contributed by atoms with Crippen molar-refractivity contribution in [2.75, 3.05) is 18.0 Å². The zero-order chi connectivity index (χ0) is 11.8. The van der Waals surface area contributed by atoms with Gasteiger partial charge in [-0.3, -0.25) is 5.10 Å². The first-order chi connectivity index (χ1) is 8.22. The molecule has 2 fully saturated rings. The summed E-state index contributed by atoms with van der Waals surface area (Å²) < 4.78 is 0. The number of hydrogen-bond donors (Lipinski definition) is 2. The van der Waals surface area contributed by atoms with Crippen molar-refractivity contribution in [1.29, 1.82) is 0 Å². The van der Waals surface area contributed by atoms with E-state index in [1.807, 2.05) is 0 Å². The molecular weight excluding hydrogens is 214 g/mol. The molecule has 94 valence electrons. The largest absolute Gasteiger partial charge is 0.336 e. The van der Waals surface area contributed by atoms with Crippen LogP contribution in [0.5, 0.6) is 0 Å². The van der Waals surface area contributed by atoms with Gasteiger partial charge in [0.15, 0.2) is 0 Å². The number of aromatic nitrogens is 3. The number of piperazine rings is 1. The van der Waals surface area contributed by atoms with E-state index in [9.17, 15) is 0 Å². The van der Waals surface area contributed by atoms with Crippen LogP contribution in [0.1, 0.15) is 44.9 Å². The van der Waals surface area contributed by atoms with Gasteiger partial charge in [-0.15, -0.1) is 5.10 Å². The second-order valence-electron chi connectivity index (χ2n) is 5.52. The summed E-state index contributed by atoms with van der Waals surface area (Å²) in [6.45, 7) is 6.41. The Morgan fingerprint density at radius 2 is 1.88 bits per heavy atom. The van der Waals surface area contributed by atoms with Gasteiger partial charge in [-0.1, -0.05) is 6.42 Å². The van der Waals surface area contributed by atoms with E-state index in [2.05, 4.69) is 39.2 Å². The molecule has 0 amide bonds. The Bertz CT molecular complexity index is 374. The van der Waals surface area contributed by atoms with Gasteiger partial charge in [0, 0.05) is 31.1 Å². The van der Waals surface area contributed by atoms with Crippen LogP contribution >= 0.6 is 0 Å². The van der Waals surface area contributed by atoms with Crippen molar-refractivity contribution >= 4 is 5.95 Å². The maximum atomic E-state index is 4.66. The number of H-pyrrole nitrogens is 1. The lowest BCUT2D eigenvalue weighted by atomic mass is 9.85. The van der Waals surface area contributed by atoms with Crippen LogP contribution in [0.4, 0.5) is 5.95 Å². The Morgan fingerprint density at radius 3 is 2.47 bits per heavy atom. The molecule has 2 heterocycles. The van der Waals surface area contributed by atoms with E-state index < -0.39 is 0 Å². The van der Waals surface area contributed by atoms with E-state index in [1.165, 1.54) is 19.3 Å². The van der Waals surface area contributed by atoms with Crippen LogP contribution in [0.2, 0.25) is 0 Å². The number of nitrogens with one attached hydrogen (secondary N) is 2. The standard InChI is InChI=1S/C12H21N5/c1-8-6-17(7-9(2)13-8)12-14-11(15-16-12)10-4-3-5-10/h8-10,13H,3-7H2,1-2H3,(H,14,15,16). The monoisotopic (exact) mass is 235 g/mol. The van der Waals surface area contributed by atoms with Gasteiger partial charge in [0.1, 0.15) is 5.82 Å². The normalized spacial score (nSPS) is 30.4. The quantitative estimate of drug-likeness (QED) is 0.810. The lowest BCUT2D eigenvalue weighted by Gasteiger charge is -2.35. The molecule has 5 heteroatoms. The van der Waals surface area contributed by atoms with E-state index in [4.69, 9.17) is 0 Å². The molecule has 2 unspecified atom stereocenters. The molecule has 0 spiro atoms. The van der Waals surface area contributed by atoms with E-state index in [-0.39, 0.29) is 0 Å². The third kappa shape index (κ3) is 2.16. The summed E-state index contributed by atoms with van der Waals surface area (Å²) in [5, 5.41) is 11.0. The fourth-order valence-electron chi connectivity index (χ4n) is 2.76. The molecule has 0 radical (unpaired) electrons. The van der Waals surface area contributed by atoms with Crippen LogP contribution in [-0.4, -0.2) is 40.4 Å². The predicted molar refractivity (Wildman–Crippen MR) is 67.2 cm³/mol. The molecule has 1 aliphatic carbocycles. The van der Waals surface area contributed by atoms with Crippen LogP contribution in [0, 0.1) is 0 Å². The Labute approximate surface area is 102 Å². The number of rotatable bonds is 2. The number of hydrogen-bond acceptors (Lipinski definition) is 4. The molecule has 17 heavy (non-hydrogen) atoms. The van der Waals surface area contributed by atoms with Crippen molar-refractivity contribution in [3.05, 3.63) is 5.82 Å². The van der Waals surface area contributed by atoms with E-state index >= 15 is 0 Å². The Balaban J connectivity index is 1.72. The van der Waals surface area contributed by atoms with Gasteiger partial charge < -0.3 is 10.2 Å². The Hall–Kier alpha value is -1.10. The van der Waals surface area contributed by atoms with Crippen molar-refractivity contribution < 1.29 is 0 Å². The molecule has 2 atom stereocenters. The molecule has 0 bridgehead atoms. The Kier molecular flexibility index (Phi) is 2.78. The first kappa shape index (κ1) is 11.0. The number of anilines is 1. The molecule has 0 aromatic carbocycles. The van der Waals surface area contributed by atoms with Crippen LogP contribution in [0.15, 0.2) is 0 Å². The minimum Gasteiger partial charge on any atom is -0.336 e. The third-order valence-corrected chi connectivity index (χ3v) is 3.82. The molecule has 1 aromatic heterocycles. The molecule has 1 aliphatic heterocycles. The zero-order valence-corrected chi connectivity index (χ0v) is 10.6. The molecule has 5 nitrogen and oxygen atoms in total. The van der Waals surface area contributed by atoms with E-state index in [0.717, 1.165) is 24.9 Å². The van der Waals surface area contributed by atoms with Crippen LogP contribution in [-0.2, 0) is 0 Å². The fourth-order valence-corrected chi connectivity index (χ4v) is 2.76. The average molecular weight is 235 g/mol. The maximum absolute atomic E-state index is 4.66. The third-order valence-electron chi connectivity index (χ3n) is 3.82. The summed E-state index contributed by atoms with van der Waals surface area (Å²) in [7, 11) is 0. The zero-order valence-electron chi connectivity index (χ0n) is 10.6. The second-order valence-corrected chi connectivity index (χ2v) is 5.52. The molecule has 1 aromatic rings. The van der Waals surface area contributed by atoms with Gasteiger partial charge in [-0.2, -0.15) is 4.98 Å². The number of aromatic amines is 1. The van der Waals surface area contributed by atoms with Gasteiger partial charge in [-0.25, -0.2) is 0 Å². The van der Waals surface area contributed by atoms with Gasteiger partial charge in [0.25, 0.3) is 0 Å². The van der Waals surface area contributed by atoms with Gasteiger partial charge in [-0.05, 0) is 26.7 Å². The van der Waals surface area contributed by atoms with Crippen LogP contribution < -0.4 is 10.2 Å². The van der Waals surface area contributed by atoms with Crippen molar-refractivity contribution in [1.82, 2.24) is 20.5 Å². The highest BCUT2D eigenvalue weighted by Crippen LogP contribution is 2.34. The van der Waals surface area contributed by atoms with Gasteiger partial charge >= 0.3 is 0 Å². The van der Waals surface area contributed by atoms with Crippen molar-refractivity contribution in [2.45, 2.75) is 51.1 Å². The fraction of sp³-hybridized carbons (Fsp3) is 0.833. The Morgan fingerprint density at radius 1 is 1.18 bits per heavy atom. The summed E-state index contributed by atoms with van der Waals surface area (Å²) in [4.78, 5) is 6.94. The van der Waals surface area contributed by atoms with Crippen LogP contribution in [0.25, 0.3) is 0 Å². The van der Waals surface area contributed by atoms with E-state index in [1.54, 1.807) is 0 Å². The highest BCUT2D eigenvalue weighted by Gasteiger charge is 2.27. The van der Waals surface area contributed by atoms with E-state index in [0.29, 0.717) is 18.0 Å². The lowest BCUT2D eigenvalue weighted by molar-refractivity contribution is 0.399. The average Bonchev–Trinajstić information content (AvgIpc) is 2.62. The predicted octanol–water partition coefficient (Wildman–Crippen LogP) is 1.26. The molecule has 2 aliphatic rings. The summed E-state index contributed by atoms with van der Waals surface area (Å²) in [6, 6.07) is 1.01.